The van der Waals surface area contributed by atoms with Crippen LogP contribution in [0.3, 0.4) is 0 Å². The molecule has 2 aromatic rings. The second-order valence-corrected chi connectivity index (χ2v) is 8.77. The molecule has 0 spiro atoms. The molecular formula is C25H29ClFN3O3. The molecule has 6 nitrogen and oxygen atoms in total. The number of rotatable bonds is 7. The monoisotopic (exact) mass is 473 g/mol. The van der Waals surface area contributed by atoms with Gasteiger partial charge in [-0.25, -0.2) is 4.39 Å². The Morgan fingerprint density at radius 3 is 2.24 bits per heavy atom. The standard InChI is InChI=1S/C25H29ClFN3O3/c1-3-16(2)28-24(32)22(29-23(31)18-8-4-6-10-20(18)26)17-12-14-30(15-13-17)25(33)19-9-5-7-11-21(19)27/h4-11,16-17,22H,3,12-15H2,1-2H3,(H,28,32)(H,29,31). The van der Waals surface area contributed by atoms with Gasteiger partial charge in [0.05, 0.1) is 16.1 Å². The van der Waals surface area contributed by atoms with Crippen molar-refractivity contribution in [2.75, 3.05) is 13.1 Å². The summed E-state index contributed by atoms with van der Waals surface area (Å²) in [4.78, 5) is 40.3. The van der Waals surface area contributed by atoms with E-state index in [9.17, 15) is 18.8 Å². The molecule has 3 amide bonds. The fourth-order valence-corrected chi connectivity index (χ4v) is 4.16. The predicted molar refractivity (Wildman–Crippen MR) is 126 cm³/mol. The van der Waals surface area contributed by atoms with E-state index in [2.05, 4.69) is 10.6 Å². The van der Waals surface area contributed by atoms with Crippen molar-refractivity contribution in [2.45, 2.75) is 45.2 Å². The second kappa shape index (κ2) is 11.3. The summed E-state index contributed by atoms with van der Waals surface area (Å²) in [5, 5.41) is 6.11. The van der Waals surface area contributed by atoms with Crippen LogP contribution in [-0.4, -0.2) is 47.8 Å². The number of amides is 3. The average molecular weight is 474 g/mol. The minimum absolute atomic E-state index is 0.0361. The van der Waals surface area contributed by atoms with Crippen LogP contribution in [0.2, 0.25) is 5.02 Å². The van der Waals surface area contributed by atoms with Crippen molar-refractivity contribution in [3.8, 4) is 0 Å². The lowest BCUT2D eigenvalue weighted by atomic mass is 9.88. The molecule has 1 fully saturated rings. The molecule has 1 saturated heterocycles. The van der Waals surface area contributed by atoms with Crippen molar-refractivity contribution in [1.82, 2.24) is 15.5 Å². The molecule has 176 valence electrons. The maximum absolute atomic E-state index is 14.0. The van der Waals surface area contributed by atoms with Gasteiger partial charge < -0.3 is 15.5 Å². The van der Waals surface area contributed by atoms with E-state index in [0.29, 0.717) is 36.5 Å². The van der Waals surface area contributed by atoms with Gasteiger partial charge in [0.2, 0.25) is 5.91 Å². The highest BCUT2D eigenvalue weighted by atomic mass is 35.5. The molecule has 0 saturated carbocycles. The van der Waals surface area contributed by atoms with Gasteiger partial charge >= 0.3 is 0 Å². The van der Waals surface area contributed by atoms with Crippen LogP contribution in [0, 0.1) is 11.7 Å². The Bertz CT molecular complexity index is 1010. The number of halogens is 2. The van der Waals surface area contributed by atoms with Crippen molar-refractivity contribution in [3.63, 3.8) is 0 Å². The lowest BCUT2D eigenvalue weighted by Crippen LogP contribution is -2.55. The highest BCUT2D eigenvalue weighted by Gasteiger charge is 2.35. The minimum atomic E-state index is -0.770. The summed E-state index contributed by atoms with van der Waals surface area (Å²) in [6, 6.07) is 11.8. The summed E-state index contributed by atoms with van der Waals surface area (Å²) >= 11 is 6.16. The molecule has 0 radical (unpaired) electrons. The quantitative estimate of drug-likeness (QED) is 0.637. The Hall–Kier alpha value is -2.93. The Balaban J connectivity index is 1.72. The van der Waals surface area contributed by atoms with E-state index in [1.165, 1.54) is 12.1 Å². The predicted octanol–water partition coefficient (Wildman–Crippen LogP) is 4.04. The summed E-state index contributed by atoms with van der Waals surface area (Å²) in [7, 11) is 0. The number of carbonyl (C=O) groups is 3. The number of piperidine rings is 1. The number of benzene rings is 2. The fraction of sp³-hybridized carbons (Fsp3) is 0.400. The van der Waals surface area contributed by atoms with Crippen LogP contribution < -0.4 is 10.6 Å². The van der Waals surface area contributed by atoms with E-state index in [4.69, 9.17) is 11.6 Å². The van der Waals surface area contributed by atoms with Crippen LogP contribution in [0.1, 0.15) is 53.8 Å². The van der Waals surface area contributed by atoms with Gasteiger partial charge in [0.25, 0.3) is 11.8 Å². The summed E-state index contributed by atoms with van der Waals surface area (Å²) in [5.74, 6) is -1.78. The first-order valence-electron chi connectivity index (χ1n) is 11.2. The van der Waals surface area contributed by atoms with Crippen LogP contribution in [0.15, 0.2) is 48.5 Å². The Labute approximate surface area is 198 Å². The number of carbonyl (C=O) groups excluding carboxylic acids is 3. The largest absolute Gasteiger partial charge is 0.352 e. The molecule has 2 atom stereocenters. The summed E-state index contributed by atoms with van der Waals surface area (Å²) in [6.45, 7) is 4.61. The lowest BCUT2D eigenvalue weighted by molar-refractivity contribution is -0.125. The maximum Gasteiger partial charge on any atom is 0.256 e. The molecule has 1 heterocycles. The fourth-order valence-electron chi connectivity index (χ4n) is 3.94. The van der Waals surface area contributed by atoms with Gasteiger partial charge in [-0.3, -0.25) is 14.4 Å². The van der Waals surface area contributed by atoms with E-state index in [1.807, 2.05) is 13.8 Å². The molecule has 0 aliphatic carbocycles. The highest BCUT2D eigenvalue weighted by molar-refractivity contribution is 6.33. The summed E-state index contributed by atoms with van der Waals surface area (Å²) in [5.41, 5.74) is 0.335. The van der Waals surface area contributed by atoms with E-state index < -0.39 is 17.8 Å². The normalized spacial score (nSPS) is 16.1. The first-order valence-corrected chi connectivity index (χ1v) is 11.6. The molecule has 8 heteroatoms. The molecule has 0 aromatic heterocycles. The molecular weight excluding hydrogens is 445 g/mol. The third-order valence-corrected chi connectivity index (χ3v) is 6.42. The Kier molecular flexibility index (Phi) is 8.44. The zero-order valence-electron chi connectivity index (χ0n) is 18.8. The first-order chi connectivity index (χ1) is 15.8. The Morgan fingerprint density at radius 1 is 1.03 bits per heavy atom. The number of nitrogens with zero attached hydrogens (tertiary/aromatic N) is 1. The topological polar surface area (TPSA) is 78.5 Å². The first kappa shape index (κ1) is 24.7. The summed E-state index contributed by atoms with van der Waals surface area (Å²) < 4.78 is 14.0. The molecule has 33 heavy (non-hydrogen) atoms. The molecule has 2 aromatic carbocycles. The molecule has 3 rings (SSSR count). The molecule has 2 N–H and O–H groups in total. The van der Waals surface area contributed by atoms with Gasteiger partial charge in [0.1, 0.15) is 11.9 Å². The molecule has 1 aliphatic heterocycles. The molecule has 1 aliphatic rings. The highest BCUT2D eigenvalue weighted by Crippen LogP contribution is 2.24. The smallest absolute Gasteiger partial charge is 0.256 e. The number of hydrogen-bond acceptors (Lipinski definition) is 3. The summed E-state index contributed by atoms with van der Waals surface area (Å²) in [6.07, 6.45) is 1.76. The van der Waals surface area contributed by atoms with Gasteiger partial charge in [-0.2, -0.15) is 0 Å². The van der Waals surface area contributed by atoms with Crippen LogP contribution in [0.5, 0.6) is 0 Å². The van der Waals surface area contributed by atoms with Crippen LogP contribution >= 0.6 is 11.6 Å². The molecule has 0 bridgehead atoms. The van der Waals surface area contributed by atoms with E-state index in [0.717, 1.165) is 6.42 Å². The van der Waals surface area contributed by atoms with E-state index in [-0.39, 0.29) is 29.3 Å². The van der Waals surface area contributed by atoms with Crippen LogP contribution in [0.25, 0.3) is 0 Å². The Morgan fingerprint density at radius 2 is 1.64 bits per heavy atom. The average Bonchev–Trinajstić information content (AvgIpc) is 2.82. The maximum atomic E-state index is 14.0. The number of nitrogens with one attached hydrogen (secondary N) is 2. The zero-order valence-corrected chi connectivity index (χ0v) is 19.6. The van der Waals surface area contributed by atoms with Gasteiger partial charge in [-0.15, -0.1) is 0 Å². The van der Waals surface area contributed by atoms with E-state index >= 15 is 0 Å². The number of hydrogen-bond donors (Lipinski definition) is 2. The van der Waals surface area contributed by atoms with Crippen LogP contribution in [-0.2, 0) is 4.79 Å². The van der Waals surface area contributed by atoms with Crippen molar-refractivity contribution in [3.05, 3.63) is 70.5 Å². The molecule has 2 unspecified atom stereocenters. The van der Waals surface area contributed by atoms with Crippen LogP contribution in [0.4, 0.5) is 4.39 Å². The van der Waals surface area contributed by atoms with E-state index in [1.54, 1.807) is 41.3 Å². The third kappa shape index (κ3) is 6.11. The minimum Gasteiger partial charge on any atom is -0.352 e. The van der Waals surface area contributed by atoms with Gasteiger partial charge in [0.15, 0.2) is 0 Å². The zero-order chi connectivity index (χ0) is 24.0. The lowest BCUT2D eigenvalue weighted by Gasteiger charge is -2.36. The SMILES string of the molecule is CCC(C)NC(=O)C(NC(=O)c1ccccc1Cl)C1CCN(C(=O)c2ccccc2F)CC1. The van der Waals surface area contributed by atoms with Crippen molar-refractivity contribution in [2.24, 2.45) is 5.92 Å². The van der Waals surface area contributed by atoms with Gasteiger partial charge in [0, 0.05) is 19.1 Å². The second-order valence-electron chi connectivity index (χ2n) is 8.36. The number of likely N-dealkylation sites (tertiary alicyclic amines) is 1. The van der Waals surface area contributed by atoms with Gasteiger partial charge in [-0.1, -0.05) is 42.8 Å². The van der Waals surface area contributed by atoms with Crippen molar-refractivity contribution in [1.29, 1.82) is 0 Å². The van der Waals surface area contributed by atoms with Crippen molar-refractivity contribution >= 4 is 29.3 Å². The van der Waals surface area contributed by atoms with Crippen molar-refractivity contribution < 1.29 is 18.8 Å². The van der Waals surface area contributed by atoms with Gasteiger partial charge in [-0.05, 0) is 56.4 Å². The third-order valence-electron chi connectivity index (χ3n) is 6.09.